The third-order valence-electron chi connectivity index (χ3n) is 7.27. The molecule has 4 aromatic carbocycles. The Labute approximate surface area is 223 Å². The maximum atomic E-state index is 13.4. The van der Waals surface area contributed by atoms with Gasteiger partial charge in [0.1, 0.15) is 18.1 Å². The molecule has 1 aliphatic heterocycles. The summed E-state index contributed by atoms with van der Waals surface area (Å²) in [5.74, 6) is 0.837. The SMILES string of the molecule is O=C(c1cc2cc(OCc3ccccc3)ccc2[nH]1)N1CCN(C(c2ccccc2)c2ccccc2)CC1. The third-order valence-corrected chi connectivity index (χ3v) is 7.27. The van der Waals surface area contributed by atoms with Gasteiger partial charge in [-0.05, 0) is 41.0 Å². The van der Waals surface area contributed by atoms with Crippen molar-refractivity contribution >= 4 is 16.8 Å². The number of hydrogen-bond acceptors (Lipinski definition) is 3. The van der Waals surface area contributed by atoms with Crippen LogP contribution in [-0.4, -0.2) is 46.9 Å². The van der Waals surface area contributed by atoms with Crippen LogP contribution < -0.4 is 4.74 Å². The Bertz CT molecular complexity index is 1450. The van der Waals surface area contributed by atoms with Crippen molar-refractivity contribution in [3.05, 3.63) is 138 Å². The van der Waals surface area contributed by atoms with Gasteiger partial charge in [0.2, 0.25) is 0 Å². The first-order chi connectivity index (χ1) is 18.7. The zero-order valence-electron chi connectivity index (χ0n) is 21.3. The molecule has 1 N–H and O–H groups in total. The molecule has 0 aliphatic carbocycles. The average molecular weight is 502 g/mol. The number of aromatic amines is 1. The number of benzene rings is 4. The summed E-state index contributed by atoms with van der Waals surface area (Å²) in [4.78, 5) is 21.2. The minimum atomic E-state index is 0.0450. The van der Waals surface area contributed by atoms with Crippen molar-refractivity contribution in [1.82, 2.24) is 14.8 Å². The van der Waals surface area contributed by atoms with E-state index in [1.54, 1.807) is 0 Å². The van der Waals surface area contributed by atoms with E-state index in [0.29, 0.717) is 25.4 Å². The van der Waals surface area contributed by atoms with Gasteiger partial charge in [-0.15, -0.1) is 0 Å². The van der Waals surface area contributed by atoms with Gasteiger partial charge in [-0.2, -0.15) is 0 Å². The van der Waals surface area contributed by atoms with Crippen LogP contribution in [0.15, 0.2) is 115 Å². The molecule has 0 unspecified atom stereocenters. The number of nitrogens with one attached hydrogen (secondary N) is 1. The largest absolute Gasteiger partial charge is 0.489 e. The second-order valence-corrected chi connectivity index (χ2v) is 9.76. The van der Waals surface area contributed by atoms with Gasteiger partial charge >= 0.3 is 0 Å². The molecule has 0 bridgehead atoms. The Hall–Kier alpha value is -4.35. The van der Waals surface area contributed by atoms with Crippen LogP contribution in [0.4, 0.5) is 0 Å². The maximum Gasteiger partial charge on any atom is 0.270 e. The molecule has 2 heterocycles. The Morgan fingerprint density at radius 1 is 0.737 bits per heavy atom. The number of amides is 1. The molecule has 1 fully saturated rings. The van der Waals surface area contributed by atoms with Gasteiger partial charge in [-0.1, -0.05) is 91.0 Å². The van der Waals surface area contributed by atoms with Crippen LogP contribution in [-0.2, 0) is 6.61 Å². The number of H-pyrrole nitrogens is 1. The first kappa shape index (κ1) is 24.0. The lowest BCUT2D eigenvalue weighted by Gasteiger charge is -2.39. The van der Waals surface area contributed by atoms with E-state index in [2.05, 4.69) is 70.5 Å². The van der Waals surface area contributed by atoms with Gasteiger partial charge in [0.25, 0.3) is 5.91 Å². The Balaban J connectivity index is 1.13. The molecule has 1 aliphatic rings. The van der Waals surface area contributed by atoms with E-state index in [1.807, 2.05) is 59.5 Å². The van der Waals surface area contributed by atoms with Gasteiger partial charge in [0.05, 0.1) is 6.04 Å². The smallest absolute Gasteiger partial charge is 0.270 e. The fourth-order valence-corrected chi connectivity index (χ4v) is 5.29. The predicted molar refractivity (Wildman–Crippen MR) is 151 cm³/mol. The Morgan fingerprint density at radius 3 is 1.97 bits per heavy atom. The molecule has 5 aromatic rings. The van der Waals surface area contributed by atoms with E-state index in [1.165, 1.54) is 11.1 Å². The highest BCUT2D eigenvalue weighted by Crippen LogP contribution is 2.30. The number of piperazine rings is 1. The summed E-state index contributed by atoms with van der Waals surface area (Å²) in [5.41, 5.74) is 5.24. The molecule has 0 atom stereocenters. The minimum absolute atomic E-state index is 0.0450. The highest BCUT2D eigenvalue weighted by molar-refractivity contribution is 5.98. The van der Waals surface area contributed by atoms with Crippen LogP contribution in [0.3, 0.4) is 0 Å². The maximum absolute atomic E-state index is 13.4. The van der Waals surface area contributed by atoms with Crippen LogP contribution in [0.2, 0.25) is 0 Å². The summed E-state index contributed by atoms with van der Waals surface area (Å²) in [6, 6.07) is 39.4. The number of carbonyl (C=O) groups is 1. The van der Waals surface area contributed by atoms with Gasteiger partial charge in [-0.3, -0.25) is 9.69 Å². The zero-order valence-corrected chi connectivity index (χ0v) is 21.3. The predicted octanol–water partition coefficient (Wildman–Crippen LogP) is 6.29. The number of fused-ring (bicyclic) bond motifs is 1. The summed E-state index contributed by atoms with van der Waals surface area (Å²) in [6.07, 6.45) is 0. The van der Waals surface area contributed by atoms with Crippen molar-refractivity contribution in [1.29, 1.82) is 0 Å². The summed E-state index contributed by atoms with van der Waals surface area (Å²) < 4.78 is 5.98. The van der Waals surface area contributed by atoms with Crippen molar-refractivity contribution < 1.29 is 9.53 Å². The van der Waals surface area contributed by atoms with Gasteiger partial charge in [-0.25, -0.2) is 0 Å². The lowest BCUT2D eigenvalue weighted by atomic mass is 9.96. The quantitative estimate of drug-likeness (QED) is 0.285. The molecule has 0 spiro atoms. The second kappa shape index (κ2) is 11.0. The van der Waals surface area contributed by atoms with Gasteiger partial charge in [0, 0.05) is 37.1 Å². The summed E-state index contributed by atoms with van der Waals surface area (Å²) in [6.45, 7) is 3.53. The van der Waals surface area contributed by atoms with Crippen LogP contribution in [0.5, 0.6) is 5.75 Å². The highest BCUT2D eigenvalue weighted by atomic mass is 16.5. The number of aromatic nitrogens is 1. The molecule has 5 heteroatoms. The van der Waals surface area contributed by atoms with E-state index in [9.17, 15) is 4.79 Å². The molecule has 38 heavy (non-hydrogen) atoms. The van der Waals surface area contributed by atoms with E-state index in [-0.39, 0.29) is 11.9 Å². The van der Waals surface area contributed by atoms with Gasteiger partial charge in [0.15, 0.2) is 0 Å². The van der Waals surface area contributed by atoms with Crippen LogP contribution in [0.1, 0.15) is 33.2 Å². The highest BCUT2D eigenvalue weighted by Gasteiger charge is 2.29. The minimum Gasteiger partial charge on any atom is -0.489 e. The molecule has 1 saturated heterocycles. The molecule has 1 aromatic heterocycles. The monoisotopic (exact) mass is 501 g/mol. The van der Waals surface area contributed by atoms with Crippen LogP contribution in [0, 0.1) is 0 Å². The normalized spacial score (nSPS) is 14.2. The first-order valence-corrected chi connectivity index (χ1v) is 13.2. The van der Waals surface area contributed by atoms with Crippen molar-refractivity contribution in [2.75, 3.05) is 26.2 Å². The van der Waals surface area contributed by atoms with Crippen LogP contribution >= 0.6 is 0 Å². The summed E-state index contributed by atoms with van der Waals surface area (Å²) >= 11 is 0. The lowest BCUT2D eigenvalue weighted by molar-refractivity contribution is 0.0592. The molecule has 5 nitrogen and oxygen atoms in total. The molecule has 0 radical (unpaired) electrons. The number of carbonyl (C=O) groups excluding carboxylic acids is 1. The van der Waals surface area contributed by atoms with Crippen molar-refractivity contribution in [3.63, 3.8) is 0 Å². The first-order valence-electron chi connectivity index (χ1n) is 13.2. The zero-order chi connectivity index (χ0) is 25.7. The van der Waals surface area contributed by atoms with Gasteiger partial charge < -0.3 is 14.6 Å². The summed E-state index contributed by atoms with van der Waals surface area (Å²) in [7, 11) is 0. The van der Waals surface area contributed by atoms with E-state index in [4.69, 9.17) is 4.74 Å². The van der Waals surface area contributed by atoms with E-state index < -0.39 is 0 Å². The Morgan fingerprint density at radius 2 is 1.34 bits per heavy atom. The standard InChI is InChI=1S/C33H31N3O2/c37-33(31-23-28-22-29(16-17-30(28)34-31)38-24-25-10-4-1-5-11-25)36-20-18-35(19-21-36)32(26-12-6-2-7-13-26)27-14-8-3-9-15-27/h1-17,22-23,32,34H,18-21,24H2. The van der Waals surface area contributed by atoms with Crippen LogP contribution in [0.25, 0.3) is 10.9 Å². The number of nitrogens with zero attached hydrogens (tertiary/aromatic N) is 2. The molecule has 190 valence electrons. The fraction of sp³-hybridized carbons (Fsp3) is 0.182. The number of ether oxygens (including phenoxy) is 1. The second-order valence-electron chi connectivity index (χ2n) is 9.76. The molecular weight excluding hydrogens is 470 g/mol. The van der Waals surface area contributed by atoms with Crippen molar-refractivity contribution in [2.24, 2.45) is 0 Å². The van der Waals surface area contributed by atoms with Crippen molar-refractivity contribution in [2.45, 2.75) is 12.6 Å². The fourth-order valence-electron chi connectivity index (χ4n) is 5.29. The third kappa shape index (κ3) is 5.20. The number of hydrogen-bond donors (Lipinski definition) is 1. The molecular formula is C33H31N3O2. The number of rotatable bonds is 7. The molecule has 6 rings (SSSR count). The van der Waals surface area contributed by atoms with Crippen molar-refractivity contribution in [3.8, 4) is 5.75 Å². The summed E-state index contributed by atoms with van der Waals surface area (Å²) in [5, 5.41) is 0.978. The van der Waals surface area contributed by atoms with E-state index >= 15 is 0 Å². The average Bonchev–Trinajstić information content (AvgIpc) is 3.42. The topological polar surface area (TPSA) is 48.6 Å². The Kier molecular flexibility index (Phi) is 6.92. The lowest BCUT2D eigenvalue weighted by Crippen LogP contribution is -2.50. The molecule has 0 saturated carbocycles. The molecule has 1 amide bonds. The van der Waals surface area contributed by atoms with E-state index in [0.717, 1.165) is 35.3 Å².